The highest BCUT2D eigenvalue weighted by Gasteiger charge is 2.03. The summed E-state index contributed by atoms with van der Waals surface area (Å²) in [5.41, 5.74) is 5.95. The number of benzene rings is 1. The van der Waals surface area contributed by atoms with Gasteiger partial charge in [0.05, 0.1) is 0 Å². The van der Waals surface area contributed by atoms with Gasteiger partial charge in [-0.15, -0.1) is 0 Å². The molecule has 0 saturated carbocycles. The number of hydrogen-bond acceptors (Lipinski definition) is 2. The Morgan fingerprint density at radius 1 is 1.57 bits per heavy atom. The van der Waals surface area contributed by atoms with Crippen molar-refractivity contribution in [1.29, 1.82) is 0 Å². The van der Waals surface area contributed by atoms with E-state index in [-0.39, 0.29) is 11.1 Å². The standard InChI is InChI=1S/C10H10FNO2/c1-6(10(13)14)4-7-2-3-8(12)5-9(7)11/h2-5H,12H2,1H3,(H,13,14)/b6-4+. The second kappa shape index (κ2) is 3.91. The molecule has 1 aromatic carbocycles. The molecule has 14 heavy (non-hydrogen) atoms. The van der Waals surface area contributed by atoms with Crippen molar-refractivity contribution in [2.75, 3.05) is 5.73 Å². The number of hydrogen-bond donors (Lipinski definition) is 2. The maximum atomic E-state index is 13.2. The van der Waals surface area contributed by atoms with E-state index in [2.05, 4.69) is 0 Å². The van der Waals surface area contributed by atoms with Crippen molar-refractivity contribution in [2.45, 2.75) is 6.92 Å². The van der Waals surface area contributed by atoms with Crippen molar-refractivity contribution < 1.29 is 14.3 Å². The fourth-order valence-electron chi connectivity index (χ4n) is 0.955. The zero-order valence-corrected chi connectivity index (χ0v) is 7.62. The summed E-state index contributed by atoms with van der Waals surface area (Å²) >= 11 is 0. The summed E-state index contributed by atoms with van der Waals surface area (Å²) in [5, 5.41) is 8.57. The molecule has 0 unspecified atom stereocenters. The van der Waals surface area contributed by atoms with Gasteiger partial charge in [0.1, 0.15) is 5.82 Å². The highest BCUT2D eigenvalue weighted by atomic mass is 19.1. The van der Waals surface area contributed by atoms with E-state index < -0.39 is 11.8 Å². The lowest BCUT2D eigenvalue weighted by Crippen LogP contribution is -1.96. The Morgan fingerprint density at radius 2 is 2.21 bits per heavy atom. The second-order valence-corrected chi connectivity index (χ2v) is 2.91. The number of anilines is 1. The van der Waals surface area contributed by atoms with Crippen molar-refractivity contribution >= 4 is 17.7 Å². The molecule has 0 aromatic heterocycles. The number of rotatable bonds is 2. The van der Waals surface area contributed by atoms with Crippen LogP contribution in [0.1, 0.15) is 12.5 Å². The molecule has 0 bridgehead atoms. The molecule has 0 saturated heterocycles. The fraction of sp³-hybridized carbons (Fsp3) is 0.100. The van der Waals surface area contributed by atoms with E-state index in [0.717, 1.165) is 6.07 Å². The first kappa shape index (κ1) is 10.2. The molecule has 74 valence electrons. The molecule has 0 radical (unpaired) electrons. The largest absolute Gasteiger partial charge is 0.478 e. The Kier molecular flexibility index (Phi) is 2.86. The highest BCUT2D eigenvalue weighted by molar-refractivity contribution is 5.91. The molecule has 1 rings (SSSR count). The summed E-state index contributed by atoms with van der Waals surface area (Å²) in [4.78, 5) is 10.5. The SMILES string of the molecule is C/C(=C\c1ccc(N)cc1F)C(=O)O. The van der Waals surface area contributed by atoms with Gasteiger partial charge in [-0.05, 0) is 31.2 Å². The minimum absolute atomic E-state index is 0.0775. The van der Waals surface area contributed by atoms with Crippen LogP contribution in [0.5, 0.6) is 0 Å². The molecule has 0 spiro atoms. The molecule has 0 atom stereocenters. The minimum Gasteiger partial charge on any atom is -0.478 e. The zero-order chi connectivity index (χ0) is 10.7. The van der Waals surface area contributed by atoms with Gasteiger partial charge in [0, 0.05) is 16.8 Å². The Labute approximate surface area is 80.7 Å². The Morgan fingerprint density at radius 3 is 2.71 bits per heavy atom. The summed E-state index contributed by atoms with van der Waals surface area (Å²) in [6, 6.07) is 4.11. The highest BCUT2D eigenvalue weighted by Crippen LogP contribution is 2.15. The maximum Gasteiger partial charge on any atom is 0.331 e. The van der Waals surface area contributed by atoms with Crippen molar-refractivity contribution in [3.8, 4) is 0 Å². The van der Waals surface area contributed by atoms with Crippen LogP contribution in [0, 0.1) is 5.82 Å². The average Bonchev–Trinajstić information content (AvgIpc) is 2.09. The predicted octanol–water partition coefficient (Wildman–Crippen LogP) is 1.90. The van der Waals surface area contributed by atoms with Gasteiger partial charge in [-0.2, -0.15) is 0 Å². The lowest BCUT2D eigenvalue weighted by atomic mass is 10.1. The van der Waals surface area contributed by atoms with Crippen LogP contribution in [-0.4, -0.2) is 11.1 Å². The van der Waals surface area contributed by atoms with E-state index in [1.165, 1.54) is 25.1 Å². The van der Waals surface area contributed by atoms with E-state index in [1.54, 1.807) is 0 Å². The summed E-state index contributed by atoms with van der Waals surface area (Å²) in [6.45, 7) is 1.40. The first-order chi connectivity index (χ1) is 6.50. The molecule has 0 amide bonds. The summed E-state index contributed by atoms with van der Waals surface area (Å²) in [6.07, 6.45) is 1.26. The molecular formula is C10H10FNO2. The monoisotopic (exact) mass is 195 g/mol. The zero-order valence-electron chi connectivity index (χ0n) is 7.62. The van der Waals surface area contributed by atoms with Crippen LogP contribution in [0.25, 0.3) is 6.08 Å². The lowest BCUT2D eigenvalue weighted by molar-refractivity contribution is -0.132. The lowest BCUT2D eigenvalue weighted by Gasteiger charge is -1.99. The average molecular weight is 195 g/mol. The van der Waals surface area contributed by atoms with E-state index in [4.69, 9.17) is 10.8 Å². The molecule has 0 aliphatic rings. The van der Waals surface area contributed by atoms with Crippen molar-refractivity contribution in [1.82, 2.24) is 0 Å². The van der Waals surface area contributed by atoms with Gasteiger partial charge in [-0.1, -0.05) is 0 Å². The molecule has 1 aromatic rings. The van der Waals surface area contributed by atoms with Crippen molar-refractivity contribution in [3.63, 3.8) is 0 Å². The third-order valence-electron chi connectivity index (χ3n) is 1.73. The van der Waals surface area contributed by atoms with E-state index in [9.17, 15) is 9.18 Å². The predicted molar refractivity (Wildman–Crippen MR) is 52.1 cm³/mol. The molecule has 0 heterocycles. The van der Waals surface area contributed by atoms with E-state index >= 15 is 0 Å². The maximum absolute atomic E-state index is 13.2. The van der Waals surface area contributed by atoms with Gasteiger partial charge in [-0.25, -0.2) is 9.18 Å². The smallest absolute Gasteiger partial charge is 0.331 e. The van der Waals surface area contributed by atoms with Crippen molar-refractivity contribution in [2.24, 2.45) is 0 Å². The molecule has 3 nitrogen and oxygen atoms in total. The van der Waals surface area contributed by atoms with Gasteiger partial charge in [0.25, 0.3) is 0 Å². The minimum atomic E-state index is -1.07. The molecule has 0 aliphatic carbocycles. The summed E-state index contributed by atoms with van der Waals surface area (Å²) in [7, 11) is 0. The van der Waals surface area contributed by atoms with Crippen molar-refractivity contribution in [3.05, 3.63) is 35.2 Å². The molecular weight excluding hydrogens is 185 g/mol. The van der Waals surface area contributed by atoms with Crippen LogP contribution < -0.4 is 5.73 Å². The van der Waals surface area contributed by atoms with E-state index in [1.807, 2.05) is 0 Å². The van der Waals surface area contributed by atoms with Crippen LogP contribution >= 0.6 is 0 Å². The van der Waals surface area contributed by atoms with Crippen LogP contribution in [0.15, 0.2) is 23.8 Å². The quantitative estimate of drug-likeness (QED) is 0.559. The number of halogens is 1. The van der Waals surface area contributed by atoms with Crippen LogP contribution in [0.3, 0.4) is 0 Å². The van der Waals surface area contributed by atoms with Gasteiger partial charge in [-0.3, -0.25) is 0 Å². The van der Waals surface area contributed by atoms with Crippen LogP contribution in [0.2, 0.25) is 0 Å². The number of aliphatic carboxylic acids is 1. The first-order valence-corrected chi connectivity index (χ1v) is 3.97. The summed E-state index contributed by atoms with van der Waals surface area (Å²) < 4.78 is 13.2. The third kappa shape index (κ3) is 2.32. The second-order valence-electron chi connectivity index (χ2n) is 2.91. The van der Waals surface area contributed by atoms with Crippen LogP contribution in [-0.2, 0) is 4.79 Å². The topological polar surface area (TPSA) is 63.3 Å². The molecule has 0 aliphatic heterocycles. The molecule has 4 heteroatoms. The number of carboxylic acids is 1. The Hall–Kier alpha value is -1.84. The van der Waals surface area contributed by atoms with Gasteiger partial charge >= 0.3 is 5.97 Å². The number of carbonyl (C=O) groups is 1. The normalized spacial score (nSPS) is 11.4. The number of nitrogen functional groups attached to an aromatic ring is 1. The number of carboxylic acid groups (broad SMARTS) is 1. The Bertz CT molecular complexity index is 399. The third-order valence-corrected chi connectivity index (χ3v) is 1.73. The van der Waals surface area contributed by atoms with E-state index in [0.29, 0.717) is 5.69 Å². The molecule has 3 N–H and O–H groups in total. The van der Waals surface area contributed by atoms with Gasteiger partial charge in [0.2, 0.25) is 0 Å². The Balaban J connectivity index is 3.09. The van der Waals surface area contributed by atoms with Crippen LogP contribution in [0.4, 0.5) is 10.1 Å². The van der Waals surface area contributed by atoms with Gasteiger partial charge < -0.3 is 10.8 Å². The first-order valence-electron chi connectivity index (χ1n) is 3.97. The number of nitrogens with two attached hydrogens (primary N) is 1. The molecule has 0 fully saturated rings. The fourth-order valence-corrected chi connectivity index (χ4v) is 0.955. The summed E-state index contributed by atoms with van der Waals surface area (Å²) in [5.74, 6) is -1.59. The van der Waals surface area contributed by atoms with Gasteiger partial charge in [0.15, 0.2) is 0 Å².